The van der Waals surface area contributed by atoms with E-state index in [1.807, 2.05) is 27.0 Å². The SMILES string of the molecule is CC(C)(C)OC(=O)NC1CCN(Cc2c[nH]c3ncc(Br)cc23)CC1. The predicted molar refractivity (Wildman–Crippen MR) is 101 cm³/mol. The summed E-state index contributed by atoms with van der Waals surface area (Å²) in [6.07, 6.45) is 5.39. The molecule has 2 N–H and O–H groups in total. The van der Waals surface area contributed by atoms with Crippen LogP contribution in [0.3, 0.4) is 0 Å². The molecule has 0 spiro atoms. The Morgan fingerprint density at radius 3 is 2.84 bits per heavy atom. The molecule has 0 aromatic carbocycles. The molecule has 1 amide bonds. The van der Waals surface area contributed by atoms with Gasteiger partial charge in [-0.2, -0.15) is 0 Å². The minimum atomic E-state index is -0.456. The lowest BCUT2D eigenvalue weighted by Crippen LogP contribution is -2.45. The molecule has 0 saturated carbocycles. The zero-order valence-electron chi connectivity index (χ0n) is 14.9. The van der Waals surface area contributed by atoms with E-state index in [4.69, 9.17) is 4.74 Å². The van der Waals surface area contributed by atoms with Crippen molar-refractivity contribution < 1.29 is 9.53 Å². The van der Waals surface area contributed by atoms with E-state index in [-0.39, 0.29) is 12.1 Å². The first-order valence-electron chi connectivity index (χ1n) is 8.63. The van der Waals surface area contributed by atoms with Gasteiger partial charge in [-0.15, -0.1) is 0 Å². The van der Waals surface area contributed by atoms with Crippen LogP contribution >= 0.6 is 15.9 Å². The van der Waals surface area contributed by atoms with Crippen LogP contribution in [0.15, 0.2) is 22.9 Å². The molecule has 7 heteroatoms. The van der Waals surface area contributed by atoms with Crippen LogP contribution in [0.2, 0.25) is 0 Å². The highest BCUT2D eigenvalue weighted by molar-refractivity contribution is 9.10. The maximum Gasteiger partial charge on any atom is 0.407 e. The van der Waals surface area contributed by atoms with E-state index in [2.05, 4.69) is 42.2 Å². The van der Waals surface area contributed by atoms with Crippen molar-refractivity contribution >= 4 is 33.1 Å². The normalized spacial score (nSPS) is 17.0. The summed E-state index contributed by atoms with van der Waals surface area (Å²) in [5.74, 6) is 0. The number of rotatable bonds is 3. The number of fused-ring (bicyclic) bond motifs is 1. The van der Waals surface area contributed by atoms with Crippen molar-refractivity contribution in [2.45, 2.75) is 51.8 Å². The summed E-state index contributed by atoms with van der Waals surface area (Å²) in [4.78, 5) is 21.9. The maximum atomic E-state index is 11.9. The number of halogens is 1. The zero-order valence-corrected chi connectivity index (χ0v) is 16.5. The lowest BCUT2D eigenvalue weighted by Gasteiger charge is -2.32. The second-order valence-corrected chi connectivity index (χ2v) is 8.48. The summed E-state index contributed by atoms with van der Waals surface area (Å²) in [6, 6.07) is 2.29. The molecule has 3 rings (SSSR count). The number of carbonyl (C=O) groups excluding carboxylic acids is 1. The average molecular weight is 409 g/mol. The van der Waals surface area contributed by atoms with Gasteiger partial charge in [0.1, 0.15) is 11.2 Å². The average Bonchev–Trinajstić information content (AvgIpc) is 2.89. The first-order valence-corrected chi connectivity index (χ1v) is 9.43. The van der Waals surface area contributed by atoms with Gasteiger partial charge in [0.15, 0.2) is 0 Å². The molecule has 1 aliphatic heterocycles. The molecule has 0 unspecified atom stereocenters. The number of aromatic nitrogens is 2. The van der Waals surface area contributed by atoms with Crippen molar-refractivity contribution in [1.82, 2.24) is 20.2 Å². The van der Waals surface area contributed by atoms with E-state index in [0.717, 1.165) is 48.0 Å². The second kappa shape index (κ2) is 7.33. The third-order valence-electron chi connectivity index (χ3n) is 4.29. The van der Waals surface area contributed by atoms with Gasteiger partial charge < -0.3 is 15.0 Å². The van der Waals surface area contributed by atoms with Crippen LogP contribution in [0.1, 0.15) is 39.2 Å². The number of amides is 1. The fourth-order valence-electron chi connectivity index (χ4n) is 3.11. The maximum absolute atomic E-state index is 11.9. The Morgan fingerprint density at radius 2 is 2.16 bits per heavy atom. The van der Waals surface area contributed by atoms with Crippen LogP contribution in [-0.4, -0.2) is 45.7 Å². The Morgan fingerprint density at radius 1 is 1.44 bits per heavy atom. The Bertz CT molecular complexity index is 745. The standard InChI is InChI=1S/C18H25BrN4O2/c1-18(2,3)25-17(24)22-14-4-6-23(7-5-14)11-12-9-20-16-15(12)8-13(19)10-21-16/h8-10,14H,4-7,11H2,1-3H3,(H,20,21)(H,22,24). The Balaban J connectivity index is 1.52. The van der Waals surface area contributed by atoms with Crippen LogP contribution in [0, 0.1) is 0 Å². The van der Waals surface area contributed by atoms with Crippen LogP contribution < -0.4 is 5.32 Å². The van der Waals surface area contributed by atoms with Gasteiger partial charge in [0.05, 0.1) is 0 Å². The Hall–Kier alpha value is -1.60. The lowest BCUT2D eigenvalue weighted by molar-refractivity contribution is 0.0477. The van der Waals surface area contributed by atoms with Gasteiger partial charge in [-0.3, -0.25) is 4.90 Å². The van der Waals surface area contributed by atoms with Crippen LogP contribution in [0.4, 0.5) is 4.79 Å². The van der Waals surface area contributed by atoms with Crippen LogP contribution in [0.5, 0.6) is 0 Å². The molecule has 6 nitrogen and oxygen atoms in total. The van der Waals surface area contributed by atoms with Gasteiger partial charge in [0.2, 0.25) is 0 Å². The topological polar surface area (TPSA) is 70.2 Å². The molecule has 25 heavy (non-hydrogen) atoms. The number of H-pyrrole nitrogens is 1. The molecule has 2 aromatic heterocycles. The molecule has 1 fully saturated rings. The van der Waals surface area contributed by atoms with E-state index >= 15 is 0 Å². The zero-order chi connectivity index (χ0) is 18.0. The van der Waals surface area contributed by atoms with E-state index in [0.29, 0.717) is 0 Å². The lowest BCUT2D eigenvalue weighted by atomic mass is 10.0. The Kier molecular flexibility index (Phi) is 5.34. The number of carbonyl (C=O) groups is 1. The summed E-state index contributed by atoms with van der Waals surface area (Å²) in [7, 11) is 0. The third-order valence-corrected chi connectivity index (χ3v) is 4.72. The number of hydrogen-bond acceptors (Lipinski definition) is 4. The van der Waals surface area contributed by atoms with E-state index in [1.54, 1.807) is 6.20 Å². The Labute approximate surface area is 156 Å². The van der Waals surface area contributed by atoms with E-state index < -0.39 is 5.60 Å². The fraction of sp³-hybridized carbons (Fsp3) is 0.556. The number of aromatic amines is 1. The molecule has 0 atom stereocenters. The number of pyridine rings is 1. The molecule has 3 heterocycles. The number of ether oxygens (including phenoxy) is 1. The highest BCUT2D eigenvalue weighted by Crippen LogP contribution is 2.23. The van der Waals surface area contributed by atoms with Gasteiger partial charge in [-0.05, 0) is 61.2 Å². The number of piperidine rings is 1. The minimum Gasteiger partial charge on any atom is -0.444 e. The molecular formula is C18H25BrN4O2. The van der Waals surface area contributed by atoms with Gasteiger partial charge in [-0.25, -0.2) is 9.78 Å². The van der Waals surface area contributed by atoms with Crippen molar-refractivity contribution in [2.24, 2.45) is 0 Å². The van der Waals surface area contributed by atoms with Crippen molar-refractivity contribution in [3.8, 4) is 0 Å². The minimum absolute atomic E-state index is 0.185. The summed E-state index contributed by atoms with van der Waals surface area (Å²) in [5.41, 5.74) is 1.71. The number of likely N-dealkylation sites (tertiary alicyclic amines) is 1. The van der Waals surface area contributed by atoms with Crippen molar-refractivity contribution in [2.75, 3.05) is 13.1 Å². The van der Waals surface area contributed by atoms with Crippen molar-refractivity contribution in [1.29, 1.82) is 0 Å². The van der Waals surface area contributed by atoms with Crippen LogP contribution in [-0.2, 0) is 11.3 Å². The number of hydrogen-bond donors (Lipinski definition) is 2. The van der Waals surface area contributed by atoms with E-state index in [1.165, 1.54) is 5.56 Å². The van der Waals surface area contributed by atoms with Crippen molar-refractivity contribution in [3.63, 3.8) is 0 Å². The smallest absolute Gasteiger partial charge is 0.407 e. The summed E-state index contributed by atoms with van der Waals surface area (Å²) in [6.45, 7) is 8.43. The number of nitrogens with one attached hydrogen (secondary N) is 2. The molecular weight excluding hydrogens is 384 g/mol. The molecule has 0 radical (unpaired) electrons. The number of nitrogens with zero attached hydrogens (tertiary/aromatic N) is 2. The second-order valence-electron chi connectivity index (χ2n) is 7.56. The molecule has 0 aliphatic carbocycles. The van der Waals surface area contributed by atoms with Gasteiger partial charge >= 0.3 is 6.09 Å². The van der Waals surface area contributed by atoms with Crippen LogP contribution in [0.25, 0.3) is 11.0 Å². The van der Waals surface area contributed by atoms with Crippen molar-refractivity contribution in [3.05, 3.63) is 28.5 Å². The monoisotopic (exact) mass is 408 g/mol. The molecule has 0 bridgehead atoms. The first kappa shape index (κ1) is 18.2. The summed E-state index contributed by atoms with van der Waals surface area (Å²) in [5, 5.41) is 4.14. The summed E-state index contributed by atoms with van der Waals surface area (Å²) >= 11 is 3.49. The highest BCUT2D eigenvalue weighted by atomic mass is 79.9. The fourth-order valence-corrected chi connectivity index (χ4v) is 3.44. The largest absolute Gasteiger partial charge is 0.444 e. The first-order chi connectivity index (χ1) is 11.8. The predicted octanol–water partition coefficient (Wildman–Crippen LogP) is 3.81. The summed E-state index contributed by atoms with van der Waals surface area (Å²) < 4.78 is 6.32. The molecule has 1 saturated heterocycles. The molecule has 2 aromatic rings. The van der Waals surface area contributed by atoms with E-state index in [9.17, 15) is 4.79 Å². The van der Waals surface area contributed by atoms with Gasteiger partial charge in [-0.1, -0.05) is 0 Å². The molecule has 1 aliphatic rings. The quantitative estimate of drug-likeness (QED) is 0.809. The highest BCUT2D eigenvalue weighted by Gasteiger charge is 2.24. The van der Waals surface area contributed by atoms with Gasteiger partial charge in [0.25, 0.3) is 0 Å². The van der Waals surface area contributed by atoms with Gasteiger partial charge in [0, 0.05) is 47.9 Å². The number of alkyl carbamates (subject to hydrolysis) is 1. The third kappa shape index (κ3) is 4.95. The molecule has 136 valence electrons.